The van der Waals surface area contributed by atoms with Crippen LogP contribution in [-0.4, -0.2) is 80.1 Å². The summed E-state index contributed by atoms with van der Waals surface area (Å²) in [6.45, 7) is 3.16. The maximum atomic E-state index is 12.9. The van der Waals surface area contributed by atoms with Crippen LogP contribution in [0.15, 0.2) is 85.2 Å². The number of ether oxygens (including phenoxy) is 2. The van der Waals surface area contributed by atoms with Crippen molar-refractivity contribution >= 4 is 17.5 Å². The fourth-order valence-electron chi connectivity index (χ4n) is 7.00. The summed E-state index contributed by atoms with van der Waals surface area (Å²) in [4.78, 5) is 17.4. The van der Waals surface area contributed by atoms with Gasteiger partial charge in [0, 0.05) is 35.6 Å². The van der Waals surface area contributed by atoms with Gasteiger partial charge in [0.25, 0.3) is 5.91 Å². The molecule has 1 aromatic heterocycles. The van der Waals surface area contributed by atoms with Crippen molar-refractivity contribution in [2.75, 3.05) is 13.2 Å². The molecule has 282 valence electrons. The highest BCUT2D eigenvalue weighted by Gasteiger charge is 2.49. The lowest BCUT2D eigenvalue weighted by atomic mass is 9.71. The van der Waals surface area contributed by atoms with E-state index in [1.807, 2.05) is 67.0 Å². The Morgan fingerprint density at radius 2 is 1.62 bits per heavy atom. The number of nitrogens with zero attached hydrogens (tertiary/aromatic N) is 1. The Morgan fingerprint density at radius 1 is 0.925 bits per heavy atom. The Kier molecular flexibility index (Phi) is 12.1. The van der Waals surface area contributed by atoms with Crippen molar-refractivity contribution in [1.82, 2.24) is 10.3 Å². The van der Waals surface area contributed by atoms with E-state index in [0.717, 1.165) is 72.1 Å². The van der Waals surface area contributed by atoms with Crippen LogP contribution >= 0.6 is 11.6 Å². The Balaban J connectivity index is 1.17. The van der Waals surface area contributed by atoms with Crippen molar-refractivity contribution in [2.45, 2.75) is 100 Å². The van der Waals surface area contributed by atoms with Crippen LogP contribution in [0.5, 0.6) is 11.5 Å². The lowest BCUT2D eigenvalue weighted by molar-refractivity contribution is -0.113. The van der Waals surface area contributed by atoms with Crippen molar-refractivity contribution in [1.29, 1.82) is 0 Å². The van der Waals surface area contributed by atoms with Gasteiger partial charge < -0.3 is 40.3 Å². The van der Waals surface area contributed by atoms with Crippen LogP contribution in [0.1, 0.15) is 79.4 Å². The van der Waals surface area contributed by atoms with Gasteiger partial charge in [-0.15, -0.1) is 0 Å². The largest absolute Gasteiger partial charge is 0.490 e. The van der Waals surface area contributed by atoms with Gasteiger partial charge >= 0.3 is 0 Å². The lowest BCUT2D eigenvalue weighted by Gasteiger charge is -2.33. The molecule has 0 unspecified atom stereocenters. The number of carbonyl (C=O) groups is 1. The second-order valence-electron chi connectivity index (χ2n) is 14.3. The molecule has 0 radical (unpaired) electrons. The van der Waals surface area contributed by atoms with Gasteiger partial charge in [0.15, 0.2) is 0 Å². The molecule has 1 amide bonds. The number of aliphatic hydroxyl groups is 5. The van der Waals surface area contributed by atoms with Gasteiger partial charge in [0.05, 0.1) is 23.8 Å². The lowest BCUT2D eigenvalue weighted by Crippen LogP contribution is -2.49. The number of benzene rings is 3. The highest BCUT2D eigenvalue weighted by atomic mass is 35.5. The first-order chi connectivity index (χ1) is 25.5. The zero-order chi connectivity index (χ0) is 37.8. The van der Waals surface area contributed by atoms with E-state index in [1.165, 1.54) is 0 Å². The summed E-state index contributed by atoms with van der Waals surface area (Å²) in [7, 11) is 0. The summed E-state index contributed by atoms with van der Waals surface area (Å²) in [5.74, 6) is 1.02. The first kappa shape index (κ1) is 38.7. The Morgan fingerprint density at radius 3 is 2.28 bits per heavy atom. The smallest absolute Gasteiger partial charge is 0.251 e. The molecule has 1 heterocycles. The zero-order valence-electron chi connectivity index (χ0n) is 30.1. The van der Waals surface area contributed by atoms with Crippen LogP contribution in [0.25, 0.3) is 11.1 Å². The molecule has 2 fully saturated rings. The number of rotatable bonds is 18. The summed E-state index contributed by atoms with van der Waals surface area (Å²) in [6.07, 6.45) is 3.48. The minimum absolute atomic E-state index is 0.247. The number of hydrogen-bond acceptors (Lipinski definition) is 9. The van der Waals surface area contributed by atoms with E-state index in [4.69, 9.17) is 26.2 Å². The van der Waals surface area contributed by atoms with Gasteiger partial charge in [-0.1, -0.05) is 61.8 Å². The maximum absolute atomic E-state index is 12.9. The second kappa shape index (κ2) is 16.5. The first-order valence-electron chi connectivity index (χ1n) is 18.4. The highest BCUT2D eigenvalue weighted by Crippen LogP contribution is 2.54. The number of para-hydroxylation sites is 1. The number of carbonyl (C=O) groups excluding carboxylic acids is 1. The minimum Gasteiger partial charge on any atom is -0.490 e. The van der Waals surface area contributed by atoms with Crippen molar-refractivity contribution in [3.05, 3.63) is 112 Å². The third-order valence-corrected chi connectivity index (χ3v) is 11.1. The molecule has 4 aromatic rings. The summed E-state index contributed by atoms with van der Waals surface area (Å²) in [6, 6.07) is 23.5. The standard InChI is InChI=1S/C42H49ClN2O8/c1-3-41(4-2,28-12-10-27(11-13-28)40(51)45-24-34(47)38(49)39(50)35(48)25-46)22-26-9-16-33(43)37(21-26)53-42(18-19-42)32-23-44-20-17-30(32)31-7-5-6-8-36(31)52-29-14-15-29/h5-13,16-17,20-21,23,29,34-35,38-39,46-50H,3-4,14-15,18-19,22,24-25H2,1-2H3,(H,45,51)/t34-,35+,38+,39+/m0/s1. The van der Waals surface area contributed by atoms with Gasteiger partial charge in [-0.25, -0.2) is 0 Å². The van der Waals surface area contributed by atoms with Gasteiger partial charge in [-0.2, -0.15) is 0 Å². The van der Waals surface area contributed by atoms with E-state index in [2.05, 4.69) is 30.2 Å². The molecule has 6 rings (SSSR count). The number of aromatic nitrogens is 1. The number of halogens is 1. The molecular formula is C42H49ClN2O8. The summed E-state index contributed by atoms with van der Waals surface area (Å²) in [5.41, 5.74) is 4.77. The average molecular weight is 745 g/mol. The minimum atomic E-state index is -1.77. The van der Waals surface area contributed by atoms with Crippen molar-refractivity contribution < 1.29 is 39.8 Å². The molecule has 2 aliphatic rings. The molecule has 2 aliphatic carbocycles. The van der Waals surface area contributed by atoms with E-state index in [-0.39, 0.29) is 18.1 Å². The Bertz CT molecular complexity index is 1860. The number of aliphatic hydroxyl groups excluding tert-OH is 5. The topological polar surface area (TPSA) is 162 Å². The molecule has 0 spiro atoms. The predicted octanol–water partition coefficient (Wildman–Crippen LogP) is 5.48. The Hall–Kier alpha value is -4.03. The van der Waals surface area contributed by atoms with E-state index < -0.39 is 42.5 Å². The van der Waals surface area contributed by atoms with E-state index >= 15 is 0 Å². The van der Waals surface area contributed by atoms with Gasteiger partial charge in [0.1, 0.15) is 35.4 Å². The number of pyridine rings is 1. The summed E-state index contributed by atoms with van der Waals surface area (Å²) in [5, 5.41) is 51.7. The molecule has 6 N–H and O–H groups in total. The molecule has 2 saturated carbocycles. The van der Waals surface area contributed by atoms with Gasteiger partial charge in [0.2, 0.25) is 0 Å². The molecule has 0 bridgehead atoms. The molecule has 3 aromatic carbocycles. The zero-order valence-corrected chi connectivity index (χ0v) is 30.9. The number of nitrogens with one attached hydrogen (secondary N) is 1. The average Bonchev–Trinajstić information content (AvgIpc) is 4.14. The van der Waals surface area contributed by atoms with E-state index in [9.17, 15) is 25.2 Å². The summed E-state index contributed by atoms with van der Waals surface area (Å²) < 4.78 is 13.1. The maximum Gasteiger partial charge on any atom is 0.251 e. The van der Waals surface area contributed by atoms with Gasteiger partial charge in [-0.3, -0.25) is 9.78 Å². The highest BCUT2D eigenvalue weighted by molar-refractivity contribution is 6.32. The third kappa shape index (κ3) is 8.70. The summed E-state index contributed by atoms with van der Waals surface area (Å²) >= 11 is 6.80. The van der Waals surface area contributed by atoms with Gasteiger partial charge in [-0.05, 0) is 103 Å². The van der Waals surface area contributed by atoms with Crippen molar-refractivity contribution in [3.8, 4) is 22.6 Å². The van der Waals surface area contributed by atoms with Crippen LogP contribution in [-0.2, 0) is 17.4 Å². The normalized spacial score (nSPS) is 17.4. The third-order valence-electron chi connectivity index (χ3n) is 10.8. The quantitative estimate of drug-likeness (QED) is 0.0776. The van der Waals surface area contributed by atoms with Crippen molar-refractivity contribution in [3.63, 3.8) is 0 Å². The van der Waals surface area contributed by atoms with Crippen LogP contribution in [0.4, 0.5) is 0 Å². The van der Waals surface area contributed by atoms with E-state index in [0.29, 0.717) is 22.8 Å². The second-order valence-corrected chi connectivity index (χ2v) is 14.8. The van der Waals surface area contributed by atoms with Crippen LogP contribution < -0.4 is 14.8 Å². The monoisotopic (exact) mass is 744 g/mol. The van der Waals surface area contributed by atoms with Crippen LogP contribution in [0.2, 0.25) is 5.02 Å². The van der Waals surface area contributed by atoms with E-state index in [1.54, 1.807) is 12.1 Å². The fourth-order valence-corrected chi connectivity index (χ4v) is 7.15. The van der Waals surface area contributed by atoms with Crippen LogP contribution in [0.3, 0.4) is 0 Å². The number of hydrogen-bond donors (Lipinski definition) is 6. The predicted molar refractivity (Wildman–Crippen MR) is 202 cm³/mol. The fraction of sp³-hybridized carbons (Fsp3) is 0.429. The molecule has 11 heteroatoms. The van der Waals surface area contributed by atoms with Crippen molar-refractivity contribution in [2.24, 2.45) is 0 Å². The Labute approximate surface area is 315 Å². The SMILES string of the molecule is CCC(CC)(Cc1ccc(Cl)c(OC2(c3cnccc3-c3ccccc3OC3CC3)CC2)c1)c1ccc(C(=O)NC[C@H](O)[C@@H](O)[C@H](O)[C@H](O)CO)cc1. The molecule has 10 nitrogen and oxygen atoms in total. The molecule has 0 aliphatic heterocycles. The molecule has 4 atom stereocenters. The molecule has 0 saturated heterocycles. The van der Waals surface area contributed by atoms with Crippen LogP contribution in [0, 0.1) is 0 Å². The molecule has 53 heavy (non-hydrogen) atoms. The first-order valence-corrected chi connectivity index (χ1v) is 18.8. The molecular weight excluding hydrogens is 696 g/mol. The number of amides is 1.